The first-order chi connectivity index (χ1) is 8.56. The van der Waals surface area contributed by atoms with Gasteiger partial charge in [-0.05, 0) is 43.2 Å². The number of carboxylic acid groups (broad SMARTS) is 1. The molecular weight excluding hydrogens is 232 g/mol. The molecule has 96 valence electrons. The number of carbonyl (C=O) groups is 1. The number of benzene rings is 1. The van der Waals surface area contributed by atoms with Crippen molar-refractivity contribution in [2.75, 3.05) is 0 Å². The predicted octanol–water partition coefficient (Wildman–Crippen LogP) is 2.77. The van der Waals surface area contributed by atoms with E-state index in [0.29, 0.717) is 0 Å². The zero-order valence-electron chi connectivity index (χ0n) is 9.97. The highest BCUT2D eigenvalue weighted by Crippen LogP contribution is 2.39. The highest BCUT2D eigenvalue weighted by Gasteiger charge is 2.21. The maximum Gasteiger partial charge on any atom is 0.328 e. The van der Waals surface area contributed by atoms with Gasteiger partial charge in [0.15, 0.2) is 0 Å². The highest BCUT2D eigenvalue weighted by atomic mass is 16.4. The Morgan fingerprint density at radius 3 is 2.44 bits per heavy atom. The molecular formula is C14H16O4. The Kier molecular flexibility index (Phi) is 3.55. The summed E-state index contributed by atoms with van der Waals surface area (Å²) in [6, 6.07) is 4.65. The molecule has 1 saturated carbocycles. The Labute approximate surface area is 105 Å². The fraction of sp³-hybridized carbons (Fsp3) is 0.357. The van der Waals surface area contributed by atoms with E-state index in [2.05, 4.69) is 0 Å². The second-order valence-electron chi connectivity index (χ2n) is 4.66. The summed E-state index contributed by atoms with van der Waals surface area (Å²) in [5.41, 5.74) is 1.79. The molecule has 0 unspecified atom stereocenters. The van der Waals surface area contributed by atoms with Gasteiger partial charge in [0, 0.05) is 12.1 Å². The van der Waals surface area contributed by atoms with E-state index in [1.165, 1.54) is 12.1 Å². The van der Waals surface area contributed by atoms with Crippen molar-refractivity contribution in [3.05, 3.63) is 35.4 Å². The Bertz CT molecular complexity index is 481. The molecule has 0 spiro atoms. The van der Waals surface area contributed by atoms with Gasteiger partial charge in [-0.3, -0.25) is 0 Å². The topological polar surface area (TPSA) is 77.8 Å². The molecule has 18 heavy (non-hydrogen) atoms. The summed E-state index contributed by atoms with van der Waals surface area (Å²) >= 11 is 0. The van der Waals surface area contributed by atoms with E-state index in [-0.39, 0.29) is 17.4 Å². The summed E-state index contributed by atoms with van der Waals surface area (Å²) < 4.78 is 0. The number of carboxylic acids is 1. The lowest BCUT2D eigenvalue weighted by Crippen LogP contribution is -2.08. The van der Waals surface area contributed by atoms with Crippen LogP contribution in [0.1, 0.15) is 37.2 Å². The van der Waals surface area contributed by atoms with Crippen molar-refractivity contribution in [2.24, 2.45) is 0 Å². The number of phenolic OH excluding ortho intramolecular Hbond substituents is 2. The van der Waals surface area contributed by atoms with Crippen molar-refractivity contribution in [3.63, 3.8) is 0 Å². The summed E-state index contributed by atoms with van der Waals surface area (Å²) in [5, 5.41) is 27.7. The summed E-state index contributed by atoms with van der Waals surface area (Å²) in [6.45, 7) is 0. The van der Waals surface area contributed by atoms with E-state index in [9.17, 15) is 15.0 Å². The molecule has 4 heteroatoms. The molecule has 0 saturated heterocycles. The van der Waals surface area contributed by atoms with Gasteiger partial charge in [0.1, 0.15) is 11.5 Å². The van der Waals surface area contributed by atoms with E-state index in [0.717, 1.165) is 36.8 Å². The molecule has 1 aromatic rings. The quantitative estimate of drug-likeness (QED) is 0.703. The molecule has 0 atom stereocenters. The van der Waals surface area contributed by atoms with Crippen LogP contribution in [-0.2, 0) is 4.79 Å². The first kappa shape index (κ1) is 12.5. The Morgan fingerprint density at radius 1 is 1.22 bits per heavy atom. The number of hydrogen-bond donors (Lipinski definition) is 3. The molecule has 1 aliphatic rings. The molecule has 3 N–H and O–H groups in total. The average molecular weight is 248 g/mol. The van der Waals surface area contributed by atoms with Crippen molar-refractivity contribution in [1.29, 1.82) is 0 Å². The van der Waals surface area contributed by atoms with Crippen LogP contribution in [0.2, 0.25) is 0 Å². The van der Waals surface area contributed by atoms with Gasteiger partial charge in [-0.15, -0.1) is 0 Å². The Balaban J connectivity index is 2.08. The summed E-state index contributed by atoms with van der Waals surface area (Å²) in [7, 11) is 0. The van der Waals surface area contributed by atoms with Crippen molar-refractivity contribution >= 4 is 5.97 Å². The van der Waals surface area contributed by atoms with Crippen molar-refractivity contribution in [2.45, 2.75) is 31.6 Å². The highest BCUT2D eigenvalue weighted by molar-refractivity contribution is 5.80. The third kappa shape index (κ3) is 2.83. The standard InChI is InChI=1S/C14H16O4/c15-11-5-6-12(13(16)8-11)10-3-1-9(2-4-10)7-14(17)18/h5-8,10,15-16H,1-4H2,(H,17,18). The lowest BCUT2D eigenvalue weighted by Gasteiger charge is -2.24. The second-order valence-corrected chi connectivity index (χ2v) is 4.66. The number of aliphatic carboxylic acids is 1. The van der Waals surface area contributed by atoms with E-state index in [4.69, 9.17) is 5.11 Å². The maximum atomic E-state index is 10.6. The first-order valence-electron chi connectivity index (χ1n) is 6.00. The third-order valence-corrected chi connectivity index (χ3v) is 3.41. The van der Waals surface area contributed by atoms with Gasteiger partial charge in [0.2, 0.25) is 0 Å². The van der Waals surface area contributed by atoms with Gasteiger partial charge < -0.3 is 15.3 Å². The van der Waals surface area contributed by atoms with Crippen LogP contribution in [0.25, 0.3) is 0 Å². The van der Waals surface area contributed by atoms with Crippen LogP contribution in [0.3, 0.4) is 0 Å². The summed E-state index contributed by atoms with van der Waals surface area (Å²) in [5.74, 6) is -0.489. The van der Waals surface area contributed by atoms with Crippen LogP contribution in [-0.4, -0.2) is 21.3 Å². The van der Waals surface area contributed by atoms with E-state index in [1.54, 1.807) is 12.1 Å². The minimum absolute atomic E-state index is 0.0542. The first-order valence-corrected chi connectivity index (χ1v) is 6.00. The van der Waals surface area contributed by atoms with Crippen LogP contribution in [0.5, 0.6) is 11.5 Å². The van der Waals surface area contributed by atoms with E-state index < -0.39 is 5.97 Å². The zero-order valence-corrected chi connectivity index (χ0v) is 9.97. The molecule has 0 bridgehead atoms. The van der Waals surface area contributed by atoms with Gasteiger partial charge in [0.25, 0.3) is 0 Å². The predicted molar refractivity (Wildman–Crippen MR) is 66.7 cm³/mol. The number of allylic oxidation sites excluding steroid dienone is 1. The van der Waals surface area contributed by atoms with Crippen LogP contribution in [0.4, 0.5) is 0 Å². The van der Waals surface area contributed by atoms with Gasteiger partial charge in [-0.25, -0.2) is 4.79 Å². The number of hydrogen-bond acceptors (Lipinski definition) is 3. The number of phenols is 2. The van der Waals surface area contributed by atoms with Crippen LogP contribution < -0.4 is 0 Å². The smallest absolute Gasteiger partial charge is 0.328 e. The molecule has 1 fully saturated rings. The molecule has 0 radical (unpaired) electrons. The molecule has 0 heterocycles. The van der Waals surface area contributed by atoms with E-state index >= 15 is 0 Å². The molecule has 1 aliphatic carbocycles. The van der Waals surface area contributed by atoms with Crippen molar-refractivity contribution < 1.29 is 20.1 Å². The Hall–Kier alpha value is -1.97. The zero-order chi connectivity index (χ0) is 13.1. The SMILES string of the molecule is O=C(O)C=C1CCC(c2ccc(O)cc2O)CC1. The van der Waals surface area contributed by atoms with Crippen LogP contribution >= 0.6 is 0 Å². The molecule has 4 nitrogen and oxygen atoms in total. The lowest BCUT2D eigenvalue weighted by molar-refractivity contribution is -0.131. The van der Waals surface area contributed by atoms with Gasteiger partial charge in [-0.1, -0.05) is 11.6 Å². The van der Waals surface area contributed by atoms with Crippen LogP contribution in [0.15, 0.2) is 29.8 Å². The minimum Gasteiger partial charge on any atom is -0.508 e. The van der Waals surface area contributed by atoms with Crippen molar-refractivity contribution in [1.82, 2.24) is 0 Å². The fourth-order valence-electron chi connectivity index (χ4n) is 2.50. The van der Waals surface area contributed by atoms with Crippen molar-refractivity contribution in [3.8, 4) is 11.5 Å². The lowest BCUT2D eigenvalue weighted by atomic mass is 9.81. The van der Waals surface area contributed by atoms with Gasteiger partial charge >= 0.3 is 5.97 Å². The van der Waals surface area contributed by atoms with E-state index in [1.807, 2.05) is 0 Å². The second kappa shape index (κ2) is 5.12. The largest absolute Gasteiger partial charge is 0.508 e. The van der Waals surface area contributed by atoms with Gasteiger partial charge in [0.05, 0.1) is 0 Å². The van der Waals surface area contributed by atoms with Gasteiger partial charge in [-0.2, -0.15) is 0 Å². The fourth-order valence-corrected chi connectivity index (χ4v) is 2.50. The number of rotatable bonds is 2. The molecule has 0 aliphatic heterocycles. The minimum atomic E-state index is -0.893. The number of aromatic hydroxyl groups is 2. The van der Waals surface area contributed by atoms with Crippen LogP contribution in [0, 0.1) is 0 Å². The summed E-state index contributed by atoms with van der Waals surface area (Å²) in [4.78, 5) is 10.6. The molecule has 1 aromatic carbocycles. The Morgan fingerprint density at radius 2 is 1.89 bits per heavy atom. The molecule has 0 aromatic heterocycles. The molecule has 2 rings (SSSR count). The molecule has 0 amide bonds. The maximum absolute atomic E-state index is 10.6. The normalized spacial score (nSPS) is 19.6. The average Bonchev–Trinajstić information content (AvgIpc) is 2.30. The summed E-state index contributed by atoms with van der Waals surface area (Å²) in [6.07, 6.45) is 4.44. The third-order valence-electron chi connectivity index (χ3n) is 3.41. The monoisotopic (exact) mass is 248 g/mol.